The molecule has 0 spiro atoms. The maximum absolute atomic E-state index is 15.1. The zero-order valence-corrected chi connectivity index (χ0v) is 24.1. The van der Waals surface area contributed by atoms with Crippen LogP contribution in [0.1, 0.15) is 83.1 Å². The lowest BCUT2D eigenvalue weighted by molar-refractivity contribution is 0.113. The maximum Gasteiger partial charge on any atom is 0.148 e. The van der Waals surface area contributed by atoms with Crippen molar-refractivity contribution in [2.75, 3.05) is 6.61 Å². The third kappa shape index (κ3) is 9.53. The second kappa shape index (κ2) is 17.4. The largest absolute Gasteiger partial charge is 0.392 e. The molecule has 0 bridgehead atoms. The molecule has 0 aliphatic rings. The van der Waals surface area contributed by atoms with E-state index in [9.17, 15) is 5.11 Å². The minimum Gasteiger partial charge on any atom is -0.392 e. The van der Waals surface area contributed by atoms with Gasteiger partial charge in [-0.15, -0.1) is 0 Å². The normalized spacial score (nSPS) is 13.3. The predicted molar refractivity (Wildman–Crippen MR) is 162 cm³/mol. The summed E-state index contributed by atoms with van der Waals surface area (Å²) in [6.45, 7) is 3.59. The average molecular weight is 535 g/mol. The second-order valence-corrected chi connectivity index (χ2v) is 13.4. The standard InChI is InChI=1S/C34H47O3P/c1-2-3-4-5-6-18-27-34(33(35)26-17-10-19-28-37-29-30-20-11-7-12-21-30)38(36,31-22-13-8-14-23-31)32-24-15-9-16-25-32/h7-9,11-16,20-25,33-35H,2-6,10,17-19,26-29H2,1H3/t33-,34-/m0/s1. The fourth-order valence-corrected chi connectivity index (χ4v) is 8.75. The third-order valence-corrected chi connectivity index (χ3v) is 11.1. The Labute approximate surface area is 231 Å². The molecule has 3 aromatic rings. The van der Waals surface area contributed by atoms with Crippen molar-refractivity contribution in [1.82, 2.24) is 0 Å². The summed E-state index contributed by atoms with van der Waals surface area (Å²) in [6, 6.07) is 30.0. The summed E-state index contributed by atoms with van der Waals surface area (Å²) in [5, 5.41) is 13.3. The summed E-state index contributed by atoms with van der Waals surface area (Å²) in [5.41, 5.74) is 0.922. The van der Waals surface area contributed by atoms with Crippen LogP contribution in [-0.4, -0.2) is 23.5 Å². The summed E-state index contributed by atoms with van der Waals surface area (Å²) in [6.07, 6.45) is 10.8. The summed E-state index contributed by atoms with van der Waals surface area (Å²) >= 11 is 0. The molecule has 0 radical (unpaired) electrons. The van der Waals surface area contributed by atoms with Crippen LogP contribution in [0, 0.1) is 0 Å². The van der Waals surface area contributed by atoms with Gasteiger partial charge < -0.3 is 14.4 Å². The number of hydrogen-bond donors (Lipinski definition) is 1. The lowest BCUT2D eigenvalue weighted by Gasteiger charge is -2.32. The highest BCUT2D eigenvalue weighted by Crippen LogP contribution is 2.52. The Kier molecular flexibility index (Phi) is 13.9. The van der Waals surface area contributed by atoms with Crippen molar-refractivity contribution in [3.8, 4) is 0 Å². The van der Waals surface area contributed by atoms with Gasteiger partial charge in [0.05, 0.1) is 12.7 Å². The lowest BCUT2D eigenvalue weighted by Crippen LogP contribution is -2.35. The molecule has 0 unspecified atom stereocenters. The van der Waals surface area contributed by atoms with Crippen LogP contribution >= 0.6 is 7.14 Å². The van der Waals surface area contributed by atoms with Gasteiger partial charge >= 0.3 is 0 Å². The van der Waals surface area contributed by atoms with Crippen molar-refractivity contribution in [3.63, 3.8) is 0 Å². The lowest BCUT2D eigenvalue weighted by atomic mass is 10.0. The molecule has 2 atom stereocenters. The predicted octanol–water partition coefficient (Wildman–Crippen LogP) is 8.26. The topological polar surface area (TPSA) is 46.5 Å². The van der Waals surface area contributed by atoms with Crippen molar-refractivity contribution >= 4 is 17.8 Å². The molecule has 0 aliphatic heterocycles. The van der Waals surface area contributed by atoms with E-state index in [4.69, 9.17) is 4.74 Å². The van der Waals surface area contributed by atoms with E-state index in [0.717, 1.165) is 55.7 Å². The molecule has 3 aromatic carbocycles. The highest BCUT2D eigenvalue weighted by molar-refractivity contribution is 7.79. The zero-order chi connectivity index (χ0) is 26.9. The van der Waals surface area contributed by atoms with Gasteiger partial charge in [-0.3, -0.25) is 0 Å². The van der Waals surface area contributed by atoms with Gasteiger partial charge in [0.25, 0.3) is 0 Å². The SMILES string of the molecule is CCCCCCCC[C@@H]([C@@H](O)CCCCCOCc1ccccc1)P(=O)(c1ccccc1)c1ccccc1. The summed E-state index contributed by atoms with van der Waals surface area (Å²) in [7, 11) is -3.03. The molecular weight excluding hydrogens is 487 g/mol. The van der Waals surface area contributed by atoms with Crippen molar-refractivity contribution < 1.29 is 14.4 Å². The Balaban J connectivity index is 1.63. The quantitative estimate of drug-likeness (QED) is 0.124. The van der Waals surface area contributed by atoms with Gasteiger partial charge in [-0.25, -0.2) is 0 Å². The highest BCUT2D eigenvalue weighted by Gasteiger charge is 2.40. The Morgan fingerprint density at radius 3 is 1.76 bits per heavy atom. The molecule has 3 nitrogen and oxygen atoms in total. The molecule has 0 amide bonds. The molecule has 0 aromatic heterocycles. The summed E-state index contributed by atoms with van der Waals surface area (Å²) in [5.74, 6) is 0. The van der Waals surface area contributed by atoms with Gasteiger partial charge in [-0.2, -0.15) is 0 Å². The molecule has 1 N–H and O–H groups in total. The van der Waals surface area contributed by atoms with Gasteiger partial charge in [0.2, 0.25) is 0 Å². The Hall–Kier alpha value is -2.19. The molecular formula is C34H47O3P. The molecule has 0 fully saturated rings. The second-order valence-electron chi connectivity index (χ2n) is 10.4. The molecule has 206 valence electrons. The van der Waals surface area contributed by atoms with Crippen LogP contribution in [0.15, 0.2) is 91.0 Å². The first-order chi connectivity index (χ1) is 18.7. The minimum atomic E-state index is -3.03. The number of aliphatic hydroxyl groups is 1. The first-order valence-corrected chi connectivity index (χ1v) is 16.4. The molecule has 3 rings (SSSR count). The van der Waals surface area contributed by atoms with Crippen molar-refractivity contribution in [1.29, 1.82) is 0 Å². The average Bonchev–Trinajstić information content (AvgIpc) is 2.97. The van der Waals surface area contributed by atoms with E-state index in [1.807, 2.05) is 78.9 Å². The third-order valence-electron chi connectivity index (χ3n) is 7.44. The van der Waals surface area contributed by atoms with Crippen molar-refractivity contribution in [3.05, 3.63) is 96.6 Å². The van der Waals surface area contributed by atoms with E-state index < -0.39 is 13.2 Å². The fraction of sp³-hybridized carbons (Fsp3) is 0.471. The Bertz CT molecular complexity index is 996. The van der Waals surface area contributed by atoms with E-state index in [2.05, 4.69) is 19.1 Å². The first-order valence-electron chi connectivity index (χ1n) is 14.7. The minimum absolute atomic E-state index is 0.271. The van der Waals surface area contributed by atoms with Gasteiger partial charge in [0, 0.05) is 22.9 Å². The van der Waals surface area contributed by atoms with E-state index in [1.54, 1.807) is 0 Å². The van der Waals surface area contributed by atoms with Crippen LogP contribution in [0.4, 0.5) is 0 Å². The van der Waals surface area contributed by atoms with Crippen LogP contribution < -0.4 is 10.6 Å². The van der Waals surface area contributed by atoms with E-state index in [-0.39, 0.29) is 5.66 Å². The molecule has 0 saturated carbocycles. The Morgan fingerprint density at radius 2 is 1.16 bits per heavy atom. The van der Waals surface area contributed by atoms with Crippen LogP contribution in [0.5, 0.6) is 0 Å². The number of rotatable bonds is 19. The van der Waals surface area contributed by atoms with Gasteiger partial charge in [0.15, 0.2) is 0 Å². The molecule has 4 heteroatoms. The smallest absolute Gasteiger partial charge is 0.148 e. The van der Waals surface area contributed by atoms with E-state index >= 15 is 4.57 Å². The van der Waals surface area contributed by atoms with Crippen LogP contribution in [-0.2, 0) is 15.9 Å². The van der Waals surface area contributed by atoms with Gasteiger partial charge in [0.1, 0.15) is 7.14 Å². The van der Waals surface area contributed by atoms with Gasteiger partial charge in [-0.1, -0.05) is 149 Å². The van der Waals surface area contributed by atoms with Crippen molar-refractivity contribution in [2.24, 2.45) is 0 Å². The first kappa shape index (κ1) is 30.4. The van der Waals surface area contributed by atoms with Gasteiger partial charge in [-0.05, 0) is 24.8 Å². The summed E-state index contributed by atoms with van der Waals surface area (Å²) < 4.78 is 20.9. The molecule has 0 saturated heterocycles. The number of ether oxygens (including phenoxy) is 1. The summed E-state index contributed by atoms with van der Waals surface area (Å²) in [4.78, 5) is 0. The van der Waals surface area contributed by atoms with E-state index in [1.165, 1.54) is 31.2 Å². The highest BCUT2D eigenvalue weighted by atomic mass is 31.2. The molecule has 0 heterocycles. The van der Waals surface area contributed by atoms with Crippen LogP contribution in [0.2, 0.25) is 0 Å². The monoisotopic (exact) mass is 534 g/mol. The van der Waals surface area contributed by atoms with Crippen molar-refractivity contribution in [2.45, 2.75) is 95.9 Å². The molecule has 38 heavy (non-hydrogen) atoms. The number of unbranched alkanes of at least 4 members (excludes halogenated alkanes) is 7. The zero-order valence-electron chi connectivity index (χ0n) is 23.2. The van der Waals surface area contributed by atoms with E-state index in [0.29, 0.717) is 13.0 Å². The number of hydrogen-bond acceptors (Lipinski definition) is 3. The van der Waals surface area contributed by atoms with Crippen LogP contribution in [0.25, 0.3) is 0 Å². The number of aliphatic hydroxyl groups excluding tert-OH is 1. The van der Waals surface area contributed by atoms with Crippen LogP contribution in [0.3, 0.4) is 0 Å². The Morgan fingerprint density at radius 1 is 0.658 bits per heavy atom. The fourth-order valence-electron chi connectivity index (χ4n) is 5.27. The molecule has 0 aliphatic carbocycles. The maximum atomic E-state index is 15.1. The number of benzene rings is 3.